The van der Waals surface area contributed by atoms with Crippen LogP contribution in [0, 0.1) is 13.8 Å². The van der Waals surface area contributed by atoms with Gasteiger partial charge in [0.2, 0.25) is 0 Å². The molecule has 0 atom stereocenters. The van der Waals surface area contributed by atoms with Crippen LogP contribution in [0.25, 0.3) is 32.0 Å². The largest absolute Gasteiger partial charge is 0.507 e. The smallest absolute Gasteiger partial charge is 0.124 e. The zero-order valence-corrected chi connectivity index (χ0v) is 27.9. The van der Waals surface area contributed by atoms with Gasteiger partial charge >= 0.3 is 0 Å². The van der Waals surface area contributed by atoms with Crippen LogP contribution in [0.15, 0.2) is 119 Å². The molecule has 0 saturated carbocycles. The molecule has 0 bridgehead atoms. The van der Waals surface area contributed by atoms with E-state index in [4.69, 9.17) is 0 Å². The van der Waals surface area contributed by atoms with Gasteiger partial charge in [-0.25, -0.2) is 0 Å². The quantitative estimate of drug-likeness (QED) is 0.161. The second kappa shape index (κ2) is 13.4. The van der Waals surface area contributed by atoms with Crippen LogP contribution in [0.4, 0.5) is 11.4 Å². The topological polar surface area (TPSA) is 65.2 Å². The van der Waals surface area contributed by atoms with Gasteiger partial charge in [-0.05, 0) is 127 Å². The van der Waals surface area contributed by atoms with Crippen molar-refractivity contribution in [3.8, 4) is 32.4 Å². The molecule has 232 valence electrons. The monoisotopic (exact) mass is 650 g/mol. The lowest BCUT2D eigenvalue weighted by Gasteiger charge is -2.07. The number of allylic oxidation sites excluding steroid dienone is 2. The molecule has 6 heteroatoms. The molecule has 1 aliphatic rings. The van der Waals surface area contributed by atoms with E-state index in [0.717, 1.165) is 24.2 Å². The van der Waals surface area contributed by atoms with Gasteiger partial charge in [0.05, 0.1) is 11.4 Å². The fraction of sp³-hybridized carbons (Fsp3) is 0.122. The van der Waals surface area contributed by atoms with E-state index in [-0.39, 0.29) is 11.5 Å². The van der Waals surface area contributed by atoms with Gasteiger partial charge in [0.25, 0.3) is 0 Å². The highest BCUT2D eigenvalue weighted by molar-refractivity contribution is 7.16. The predicted molar refractivity (Wildman–Crippen MR) is 200 cm³/mol. The number of phenols is 2. The Labute approximate surface area is 283 Å². The highest BCUT2D eigenvalue weighted by Crippen LogP contribution is 2.47. The lowest BCUT2D eigenvalue weighted by Crippen LogP contribution is -1.86. The van der Waals surface area contributed by atoms with Crippen molar-refractivity contribution in [2.75, 3.05) is 0 Å². The van der Waals surface area contributed by atoms with Crippen molar-refractivity contribution in [1.82, 2.24) is 0 Å². The Morgan fingerprint density at radius 3 is 1.36 bits per heavy atom. The number of para-hydroxylation sites is 2. The van der Waals surface area contributed by atoms with E-state index in [1.165, 1.54) is 59.3 Å². The molecule has 4 nitrogen and oxygen atoms in total. The summed E-state index contributed by atoms with van der Waals surface area (Å²) in [4.78, 5) is 14.3. The zero-order valence-electron chi connectivity index (χ0n) is 26.3. The van der Waals surface area contributed by atoms with Crippen molar-refractivity contribution in [3.63, 3.8) is 0 Å². The molecule has 0 unspecified atom stereocenters. The summed E-state index contributed by atoms with van der Waals surface area (Å²) in [5.41, 5.74) is 11.2. The van der Waals surface area contributed by atoms with E-state index >= 15 is 0 Å². The minimum atomic E-state index is 0.228. The van der Waals surface area contributed by atoms with Gasteiger partial charge in [-0.3, -0.25) is 9.98 Å². The average Bonchev–Trinajstić information content (AvgIpc) is 3.82. The molecule has 6 aromatic rings. The molecule has 1 aliphatic carbocycles. The fourth-order valence-electron chi connectivity index (χ4n) is 6.09. The molecule has 2 N–H and O–H groups in total. The van der Waals surface area contributed by atoms with E-state index in [9.17, 15) is 10.2 Å². The Balaban J connectivity index is 1.11. The third-order valence-corrected chi connectivity index (χ3v) is 10.8. The summed E-state index contributed by atoms with van der Waals surface area (Å²) in [6, 6.07) is 35.8. The van der Waals surface area contributed by atoms with Gasteiger partial charge < -0.3 is 10.2 Å². The van der Waals surface area contributed by atoms with E-state index in [2.05, 4.69) is 60.2 Å². The first kappa shape index (κ1) is 30.6. The molecule has 0 saturated heterocycles. The number of aliphatic imine (C=N–C) groups is 2. The number of rotatable bonds is 8. The van der Waals surface area contributed by atoms with Crippen LogP contribution in [-0.2, 0) is 0 Å². The van der Waals surface area contributed by atoms with Crippen molar-refractivity contribution < 1.29 is 10.2 Å². The Morgan fingerprint density at radius 1 is 0.553 bits per heavy atom. The SMILES string of the molecule is Cc1sc(-c2ccc(N=Cc3ccccc3O)cc2)cc1C1=C(c2cc(-c3ccc(N=Cc4ccccc4O)cc3)sc2C)CCC1. The summed E-state index contributed by atoms with van der Waals surface area (Å²) in [5.74, 6) is 0.456. The van der Waals surface area contributed by atoms with Crippen molar-refractivity contribution in [2.24, 2.45) is 9.98 Å². The summed E-state index contributed by atoms with van der Waals surface area (Å²) < 4.78 is 0. The molecule has 2 aromatic heterocycles. The lowest BCUT2D eigenvalue weighted by molar-refractivity contribution is 0.474. The number of aryl methyl sites for hydroxylation is 2. The first-order chi connectivity index (χ1) is 22.9. The van der Waals surface area contributed by atoms with Gasteiger partial charge in [-0.2, -0.15) is 0 Å². The van der Waals surface area contributed by atoms with Crippen LogP contribution in [0.5, 0.6) is 11.5 Å². The van der Waals surface area contributed by atoms with E-state index in [0.29, 0.717) is 11.1 Å². The Bertz CT molecular complexity index is 2000. The van der Waals surface area contributed by atoms with E-state index in [1.807, 2.05) is 71.2 Å². The molecule has 2 heterocycles. The minimum absolute atomic E-state index is 0.228. The molecule has 0 radical (unpaired) electrons. The Morgan fingerprint density at radius 2 is 0.957 bits per heavy atom. The lowest BCUT2D eigenvalue weighted by atomic mass is 9.96. The van der Waals surface area contributed by atoms with Crippen LogP contribution >= 0.6 is 22.7 Å². The maximum Gasteiger partial charge on any atom is 0.124 e. The van der Waals surface area contributed by atoms with Crippen molar-refractivity contribution in [3.05, 3.63) is 141 Å². The maximum absolute atomic E-state index is 10.0. The van der Waals surface area contributed by atoms with Crippen LogP contribution in [0.2, 0.25) is 0 Å². The van der Waals surface area contributed by atoms with Crippen molar-refractivity contribution in [2.45, 2.75) is 33.1 Å². The van der Waals surface area contributed by atoms with Gasteiger partial charge in [-0.1, -0.05) is 48.5 Å². The summed E-state index contributed by atoms with van der Waals surface area (Å²) in [5, 5.41) is 20.0. The van der Waals surface area contributed by atoms with Gasteiger partial charge in [0.15, 0.2) is 0 Å². The van der Waals surface area contributed by atoms with E-state index in [1.54, 1.807) is 36.7 Å². The molecule has 4 aromatic carbocycles. The molecular formula is C41H34N2O2S2. The maximum atomic E-state index is 10.0. The second-order valence-corrected chi connectivity index (χ2v) is 14.2. The standard InChI is InChI=1S/C41H34N2O2S2/c1-26-36(22-40(46-26)28-14-18-32(19-15-28)42-24-30-8-3-5-12-38(30)44)34-10-7-11-35(34)37-23-41(47-27(37)2)29-16-20-33(21-17-29)43-25-31-9-4-6-13-39(31)45/h3-6,8-9,12-25,44-45H,7,10-11H2,1-2H3. The Kier molecular flexibility index (Phi) is 8.70. The third kappa shape index (κ3) is 6.61. The molecular weight excluding hydrogens is 617 g/mol. The Hall–Kier alpha value is -5.04. The van der Waals surface area contributed by atoms with Crippen molar-refractivity contribution in [1.29, 1.82) is 0 Å². The van der Waals surface area contributed by atoms with Gasteiger partial charge in [-0.15, -0.1) is 22.7 Å². The second-order valence-electron chi connectivity index (χ2n) is 11.7. The first-order valence-corrected chi connectivity index (χ1v) is 17.3. The molecule has 7 rings (SSSR count). The van der Waals surface area contributed by atoms with Crippen LogP contribution in [0.1, 0.15) is 51.3 Å². The number of aromatic hydroxyl groups is 2. The van der Waals surface area contributed by atoms with E-state index < -0.39 is 0 Å². The average molecular weight is 651 g/mol. The number of hydrogen-bond acceptors (Lipinski definition) is 6. The number of phenolic OH excluding ortho intramolecular Hbond substituents is 2. The van der Waals surface area contributed by atoms with Gasteiger partial charge in [0.1, 0.15) is 11.5 Å². The normalized spacial score (nSPS) is 13.4. The van der Waals surface area contributed by atoms with Crippen LogP contribution in [-0.4, -0.2) is 22.6 Å². The summed E-state index contributed by atoms with van der Waals surface area (Å²) in [6.45, 7) is 4.49. The summed E-state index contributed by atoms with van der Waals surface area (Å²) in [6.07, 6.45) is 6.77. The third-order valence-electron chi connectivity index (χ3n) is 8.59. The number of thiophene rings is 2. The van der Waals surface area contributed by atoms with Crippen molar-refractivity contribution >= 4 is 57.6 Å². The molecule has 0 aliphatic heterocycles. The minimum Gasteiger partial charge on any atom is -0.507 e. The first-order valence-electron chi connectivity index (χ1n) is 15.7. The number of benzene rings is 4. The molecule has 0 fully saturated rings. The van der Waals surface area contributed by atoms with Crippen LogP contribution < -0.4 is 0 Å². The number of nitrogens with zero attached hydrogens (tertiary/aromatic N) is 2. The zero-order chi connectivity index (χ0) is 32.3. The number of hydrogen-bond donors (Lipinski definition) is 2. The van der Waals surface area contributed by atoms with Gasteiger partial charge in [0, 0.05) is 43.1 Å². The highest BCUT2D eigenvalue weighted by atomic mass is 32.1. The highest BCUT2D eigenvalue weighted by Gasteiger charge is 2.23. The molecule has 47 heavy (non-hydrogen) atoms. The van der Waals surface area contributed by atoms with Crippen LogP contribution in [0.3, 0.4) is 0 Å². The molecule has 0 amide bonds. The summed E-state index contributed by atoms with van der Waals surface area (Å²) in [7, 11) is 0. The predicted octanol–water partition coefficient (Wildman–Crippen LogP) is 11.8. The summed E-state index contributed by atoms with van der Waals surface area (Å²) >= 11 is 3.70. The fourth-order valence-corrected chi connectivity index (χ4v) is 8.20. The molecule has 0 spiro atoms.